The van der Waals surface area contributed by atoms with Crippen molar-refractivity contribution in [2.75, 3.05) is 13.7 Å². The first kappa shape index (κ1) is 26.5. The summed E-state index contributed by atoms with van der Waals surface area (Å²) in [6, 6.07) is 17.0. The normalized spacial score (nSPS) is 29.5. The Kier molecular flexibility index (Phi) is 7.52. The van der Waals surface area contributed by atoms with Gasteiger partial charge in [-0.1, -0.05) is 48.5 Å². The van der Waals surface area contributed by atoms with Gasteiger partial charge in [-0.2, -0.15) is 0 Å². The second kappa shape index (κ2) is 11.1. The van der Waals surface area contributed by atoms with Crippen molar-refractivity contribution in [3.63, 3.8) is 0 Å². The molecule has 1 heterocycles. The lowest BCUT2D eigenvalue weighted by atomic mass is 9.53. The zero-order chi connectivity index (χ0) is 26.9. The van der Waals surface area contributed by atoms with Crippen LogP contribution in [0.2, 0.25) is 0 Å². The molecule has 1 N–H and O–H groups in total. The Hall–Kier alpha value is -2.70. The lowest BCUT2D eigenvalue weighted by Crippen LogP contribution is -2.49. The van der Waals surface area contributed by atoms with Gasteiger partial charge in [0.1, 0.15) is 17.0 Å². The van der Waals surface area contributed by atoms with Gasteiger partial charge in [-0.05, 0) is 104 Å². The van der Waals surface area contributed by atoms with Crippen LogP contribution in [0.25, 0.3) is 0 Å². The van der Waals surface area contributed by atoms with Gasteiger partial charge in [-0.15, -0.1) is 5.10 Å². The van der Waals surface area contributed by atoms with E-state index in [0.717, 1.165) is 76.0 Å². The van der Waals surface area contributed by atoms with Crippen molar-refractivity contribution in [2.24, 2.45) is 17.3 Å². The highest BCUT2D eigenvalue weighted by atomic mass is 16.5. The molecule has 0 spiro atoms. The SMILES string of the molecule is COc1ccc2c(c1)CCC1C2CCC2(C)C1CCC2(O)c1cn(CCCCCOCc2ccccc2)nn1. The quantitative estimate of drug-likeness (QED) is 0.307. The molecule has 0 bridgehead atoms. The van der Waals surface area contributed by atoms with Crippen LogP contribution in [-0.4, -0.2) is 33.8 Å². The fourth-order valence-corrected chi connectivity index (χ4v) is 8.14. The monoisotopic (exact) mass is 529 g/mol. The third-order valence-corrected chi connectivity index (χ3v) is 10.3. The number of unbranched alkanes of at least 4 members (excludes halogenated alkanes) is 2. The van der Waals surface area contributed by atoms with Crippen LogP contribution < -0.4 is 4.74 Å². The van der Waals surface area contributed by atoms with Gasteiger partial charge >= 0.3 is 0 Å². The van der Waals surface area contributed by atoms with E-state index >= 15 is 0 Å². The fourth-order valence-electron chi connectivity index (χ4n) is 8.14. The summed E-state index contributed by atoms with van der Waals surface area (Å²) < 4.78 is 13.2. The first-order valence-electron chi connectivity index (χ1n) is 14.9. The van der Waals surface area contributed by atoms with E-state index in [9.17, 15) is 5.11 Å². The van der Waals surface area contributed by atoms with E-state index in [1.54, 1.807) is 7.11 Å². The number of ether oxygens (including phenoxy) is 2. The number of aliphatic hydroxyl groups is 1. The van der Waals surface area contributed by atoms with Crippen LogP contribution in [0.5, 0.6) is 5.75 Å². The molecule has 39 heavy (non-hydrogen) atoms. The molecule has 0 amide bonds. The molecule has 6 rings (SSSR count). The highest BCUT2D eigenvalue weighted by molar-refractivity contribution is 5.41. The van der Waals surface area contributed by atoms with Crippen LogP contribution in [0, 0.1) is 17.3 Å². The Labute approximate surface area is 232 Å². The first-order chi connectivity index (χ1) is 19.0. The molecule has 2 fully saturated rings. The minimum absolute atomic E-state index is 0.158. The Morgan fingerprint density at radius 3 is 2.74 bits per heavy atom. The third kappa shape index (κ3) is 4.91. The molecular formula is C33H43N3O3. The van der Waals surface area contributed by atoms with E-state index in [1.807, 2.05) is 29.1 Å². The summed E-state index contributed by atoms with van der Waals surface area (Å²) in [6.07, 6.45) is 11.5. The van der Waals surface area contributed by atoms with Gasteiger partial charge in [0, 0.05) is 18.6 Å². The van der Waals surface area contributed by atoms with Gasteiger partial charge < -0.3 is 14.6 Å². The maximum absolute atomic E-state index is 12.2. The van der Waals surface area contributed by atoms with Gasteiger partial charge in [0.05, 0.1) is 19.9 Å². The van der Waals surface area contributed by atoms with Crippen LogP contribution in [0.15, 0.2) is 54.7 Å². The van der Waals surface area contributed by atoms with Gasteiger partial charge in [-0.3, -0.25) is 4.68 Å². The van der Waals surface area contributed by atoms with E-state index in [2.05, 4.69) is 47.6 Å². The van der Waals surface area contributed by atoms with Crippen molar-refractivity contribution in [1.82, 2.24) is 15.0 Å². The first-order valence-corrected chi connectivity index (χ1v) is 14.9. The lowest BCUT2D eigenvalue weighted by Gasteiger charge is -2.52. The van der Waals surface area contributed by atoms with Crippen LogP contribution in [0.3, 0.4) is 0 Å². The largest absolute Gasteiger partial charge is 0.497 e. The summed E-state index contributed by atoms with van der Waals surface area (Å²) in [5, 5.41) is 21.2. The highest BCUT2D eigenvalue weighted by Gasteiger charge is 2.63. The number of rotatable bonds is 10. The van der Waals surface area contributed by atoms with Crippen molar-refractivity contribution in [1.29, 1.82) is 0 Å². The van der Waals surface area contributed by atoms with Crippen molar-refractivity contribution in [3.05, 3.63) is 77.1 Å². The van der Waals surface area contributed by atoms with Gasteiger partial charge in [0.15, 0.2) is 0 Å². The average molecular weight is 530 g/mol. The molecule has 3 aliphatic rings. The maximum Gasteiger partial charge on any atom is 0.119 e. The molecule has 2 saturated carbocycles. The number of aryl methyl sites for hydroxylation is 2. The molecule has 5 unspecified atom stereocenters. The van der Waals surface area contributed by atoms with Gasteiger partial charge in [-0.25, -0.2) is 0 Å². The Bertz CT molecular complexity index is 1260. The Morgan fingerprint density at radius 1 is 1.03 bits per heavy atom. The van der Waals surface area contributed by atoms with Crippen molar-refractivity contribution >= 4 is 0 Å². The van der Waals surface area contributed by atoms with Crippen molar-refractivity contribution < 1.29 is 14.6 Å². The highest BCUT2D eigenvalue weighted by Crippen LogP contribution is 2.66. The predicted molar refractivity (Wildman–Crippen MR) is 151 cm³/mol. The number of hydrogen-bond acceptors (Lipinski definition) is 5. The van der Waals surface area contributed by atoms with E-state index in [0.29, 0.717) is 24.4 Å². The minimum atomic E-state index is -0.896. The molecule has 6 heteroatoms. The minimum Gasteiger partial charge on any atom is -0.497 e. The number of nitrogens with zero attached hydrogens (tertiary/aromatic N) is 3. The molecule has 208 valence electrons. The average Bonchev–Trinajstić information content (AvgIpc) is 3.55. The van der Waals surface area contributed by atoms with Crippen molar-refractivity contribution in [3.8, 4) is 5.75 Å². The van der Waals surface area contributed by atoms with Gasteiger partial charge in [0.2, 0.25) is 0 Å². The molecular weight excluding hydrogens is 486 g/mol. The molecule has 2 aromatic carbocycles. The summed E-state index contributed by atoms with van der Waals surface area (Å²) in [4.78, 5) is 0. The third-order valence-electron chi connectivity index (χ3n) is 10.3. The Balaban J connectivity index is 1.04. The van der Waals surface area contributed by atoms with E-state index < -0.39 is 5.60 Å². The molecule has 6 nitrogen and oxygen atoms in total. The zero-order valence-electron chi connectivity index (χ0n) is 23.5. The number of aromatic nitrogens is 3. The topological polar surface area (TPSA) is 69.4 Å². The van der Waals surface area contributed by atoms with E-state index in [-0.39, 0.29) is 5.41 Å². The molecule has 3 aromatic rings. The Morgan fingerprint density at radius 2 is 1.90 bits per heavy atom. The summed E-state index contributed by atoms with van der Waals surface area (Å²) in [5.74, 6) is 2.69. The second-order valence-electron chi connectivity index (χ2n) is 12.3. The predicted octanol–water partition coefficient (Wildman–Crippen LogP) is 6.42. The summed E-state index contributed by atoms with van der Waals surface area (Å²) in [6.45, 7) is 4.61. The fraction of sp³-hybridized carbons (Fsp3) is 0.576. The van der Waals surface area contributed by atoms with Crippen molar-refractivity contribution in [2.45, 2.75) is 89.4 Å². The van der Waals surface area contributed by atoms with Crippen LogP contribution in [0.4, 0.5) is 0 Å². The summed E-state index contributed by atoms with van der Waals surface area (Å²) >= 11 is 0. The lowest BCUT2D eigenvalue weighted by molar-refractivity contribution is -0.111. The van der Waals surface area contributed by atoms with Gasteiger partial charge in [0.25, 0.3) is 0 Å². The molecule has 5 atom stereocenters. The van der Waals surface area contributed by atoms with E-state index in [4.69, 9.17) is 9.47 Å². The van der Waals surface area contributed by atoms with E-state index in [1.165, 1.54) is 23.1 Å². The smallest absolute Gasteiger partial charge is 0.119 e. The molecule has 0 saturated heterocycles. The number of hydrogen-bond donors (Lipinski definition) is 1. The van der Waals surface area contributed by atoms with Crippen LogP contribution in [-0.2, 0) is 29.9 Å². The maximum atomic E-state index is 12.2. The zero-order valence-corrected chi connectivity index (χ0v) is 23.5. The number of benzene rings is 2. The second-order valence-corrected chi connectivity index (χ2v) is 12.3. The molecule has 0 aliphatic heterocycles. The van der Waals surface area contributed by atoms with Crippen LogP contribution >= 0.6 is 0 Å². The summed E-state index contributed by atoms with van der Waals surface area (Å²) in [5.41, 5.74) is 3.91. The number of fused-ring (bicyclic) bond motifs is 5. The molecule has 3 aliphatic carbocycles. The molecule has 1 aromatic heterocycles. The molecule has 0 radical (unpaired) electrons. The number of methoxy groups -OCH3 is 1. The van der Waals surface area contributed by atoms with Crippen LogP contribution in [0.1, 0.15) is 86.6 Å². The standard InChI is InChI=1S/C33H43N3O3/c1-32-17-15-28-27-14-12-26(38-2)21-25(27)11-13-29(28)30(32)16-18-33(32,37)31-22-36(35-34-31)19-7-4-8-20-39-23-24-9-5-3-6-10-24/h3,5-6,9-10,12,14,21-22,28-30,37H,4,7-8,11,13,15-20,23H2,1-2H3. The summed E-state index contributed by atoms with van der Waals surface area (Å²) in [7, 11) is 1.75.